The molecule has 1 aromatic heterocycles. The van der Waals surface area contributed by atoms with Crippen molar-refractivity contribution in [1.82, 2.24) is 24.5 Å². The Morgan fingerprint density at radius 2 is 1.81 bits per heavy atom. The van der Waals surface area contributed by atoms with Crippen LogP contribution in [0.15, 0.2) is 29.2 Å². The zero-order chi connectivity index (χ0) is 25.8. The van der Waals surface area contributed by atoms with Gasteiger partial charge in [-0.05, 0) is 25.5 Å². The van der Waals surface area contributed by atoms with Crippen LogP contribution in [0.4, 0.5) is 8.78 Å². The quantitative estimate of drug-likeness (QED) is 0.578. The number of hydrogen-bond donors (Lipinski definition) is 0. The highest BCUT2D eigenvalue weighted by Gasteiger charge is 2.43. The Labute approximate surface area is 214 Å². The fourth-order valence-electron chi connectivity index (χ4n) is 5.93. The molecule has 1 atom stereocenters. The molecule has 3 fully saturated rings. The van der Waals surface area contributed by atoms with E-state index in [0.29, 0.717) is 62.8 Å². The number of rotatable bonds is 5. The summed E-state index contributed by atoms with van der Waals surface area (Å²) in [5.74, 6) is -3.10. The lowest BCUT2D eigenvalue weighted by Gasteiger charge is -2.41. The van der Waals surface area contributed by atoms with Crippen molar-refractivity contribution in [3.63, 3.8) is 0 Å². The molecule has 1 aromatic carbocycles. The summed E-state index contributed by atoms with van der Waals surface area (Å²) in [6.45, 7) is 4.19. The van der Waals surface area contributed by atoms with Crippen molar-refractivity contribution in [3.8, 4) is 11.3 Å². The highest BCUT2D eigenvalue weighted by molar-refractivity contribution is 7.90. The molecule has 9 nitrogen and oxygen atoms in total. The number of piperidine rings is 1. The standard InChI is InChI=1S/C25H31F2N5O4S/c26-25(27)16-30(17-25)9-8-29-7-3-4-18(14-29)32-23-19-5-1-2-6-21(19)37(34,35)15-20(23)22(28-32)24(33)31-10-12-36-13-11-31/h1-2,5-6,18H,3-4,7-17H2/t18-/m0/s1. The van der Waals surface area contributed by atoms with E-state index in [0.717, 1.165) is 19.4 Å². The SMILES string of the molecule is O=C(c1nn([C@H]2CCCN(CCN3CC(F)(F)C3)C2)c2c1CS(=O)(=O)c1ccccc1-2)N1CCOCC1. The number of halogens is 2. The van der Waals surface area contributed by atoms with E-state index in [1.54, 1.807) is 34.1 Å². The summed E-state index contributed by atoms with van der Waals surface area (Å²) < 4.78 is 60.1. The van der Waals surface area contributed by atoms with Gasteiger partial charge in [0.1, 0.15) is 0 Å². The molecule has 12 heteroatoms. The molecule has 0 bridgehead atoms. The first kappa shape index (κ1) is 24.9. The van der Waals surface area contributed by atoms with Gasteiger partial charge in [-0.25, -0.2) is 17.2 Å². The van der Waals surface area contributed by atoms with Gasteiger partial charge in [-0.15, -0.1) is 0 Å². The average Bonchev–Trinajstić information content (AvgIpc) is 3.25. The first-order valence-electron chi connectivity index (χ1n) is 12.8. The van der Waals surface area contributed by atoms with Crippen molar-refractivity contribution >= 4 is 15.7 Å². The summed E-state index contributed by atoms with van der Waals surface area (Å²) in [5.41, 5.74) is 1.96. The van der Waals surface area contributed by atoms with Gasteiger partial charge in [-0.3, -0.25) is 19.3 Å². The van der Waals surface area contributed by atoms with Crippen LogP contribution < -0.4 is 0 Å². The van der Waals surface area contributed by atoms with Crippen molar-refractivity contribution in [2.75, 3.05) is 65.6 Å². The van der Waals surface area contributed by atoms with E-state index in [9.17, 15) is 22.0 Å². The third-order valence-electron chi connectivity index (χ3n) is 7.79. The summed E-state index contributed by atoms with van der Waals surface area (Å²) in [4.78, 5) is 19.5. The molecule has 37 heavy (non-hydrogen) atoms. The molecule has 4 aliphatic heterocycles. The molecule has 200 valence electrons. The summed E-state index contributed by atoms with van der Waals surface area (Å²) in [6, 6.07) is 6.87. The lowest BCUT2D eigenvalue weighted by molar-refractivity contribution is -0.131. The van der Waals surface area contributed by atoms with Crippen LogP contribution in [0, 0.1) is 0 Å². The Hall–Kier alpha value is -2.41. The Morgan fingerprint density at radius 1 is 1.08 bits per heavy atom. The minimum absolute atomic E-state index is 0.0552. The molecule has 0 saturated carbocycles. The van der Waals surface area contributed by atoms with Gasteiger partial charge in [0.25, 0.3) is 11.8 Å². The number of morpholine rings is 1. The number of ether oxygens (including phenoxy) is 1. The lowest BCUT2D eigenvalue weighted by atomic mass is 10.0. The number of fused-ring (bicyclic) bond motifs is 3. The van der Waals surface area contributed by atoms with Crippen molar-refractivity contribution < 1.29 is 26.7 Å². The molecule has 0 radical (unpaired) electrons. The summed E-state index contributed by atoms with van der Waals surface area (Å²) in [5, 5.41) is 4.82. The molecule has 0 N–H and O–H groups in total. The van der Waals surface area contributed by atoms with Gasteiger partial charge in [0.05, 0.1) is 48.7 Å². The number of sulfone groups is 1. The van der Waals surface area contributed by atoms with E-state index >= 15 is 0 Å². The predicted molar refractivity (Wildman–Crippen MR) is 131 cm³/mol. The summed E-state index contributed by atoms with van der Waals surface area (Å²) in [6.07, 6.45) is 1.74. The van der Waals surface area contributed by atoms with Gasteiger partial charge < -0.3 is 9.64 Å². The molecule has 2 aromatic rings. The van der Waals surface area contributed by atoms with Crippen LogP contribution in [0.1, 0.15) is 34.9 Å². The van der Waals surface area contributed by atoms with Gasteiger partial charge in [0.2, 0.25) is 0 Å². The van der Waals surface area contributed by atoms with Gasteiger partial charge in [-0.1, -0.05) is 18.2 Å². The van der Waals surface area contributed by atoms with Crippen LogP contribution in [0.3, 0.4) is 0 Å². The minimum Gasteiger partial charge on any atom is -0.378 e. The molecule has 0 unspecified atom stereocenters. The maximum absolute atomic E-state index is 13.5. The number of aromatic nitrogens is 2. The summed E-state index contributed by atoms with van der Waals surface area (Å²) >= 11 is 0. The smallest absolute Gasteiger partial charge is 0.274 e. The van der Waals surface area contributed by atoms with Crippen LogP contribution in [0.25, 0.3) is 11.3 Å². The number of carbonyl (C=O) groups excluding carboxylic acids is 1. The zero-order valence-electron chi connectivity index (χ0n) is 20.6. The largest absolute Gasteiger partial charge is 0.378 e. The third kappa shape index (κ3) is 4.68. The first-order chi connectivity index (χ1) is 17.7. The van der Waals surface area contributed by atoms with Crippen molar-refractivity contribution in [1.29, 1.82) is 0 Å². The van der Waals surface area contributed by atoms with Crippen LogP contribution >= 0.6 is 0 Å². The second-order valence-corrected chi connectivity index (χ2v) is 12.4. The Kier molecular flexibility index (Phi) is 6.33. The monoisotopic (exact) mass is 535 g/mol. The Bertz CT molecular complexity index is 1300. The highest BCUT2D eigenvalue weighted by atomic mass is 32.2. The van der Waals surface area contributed by atoms with E-state index in [4.69, 9.17) is 9.84 Å². The first-order valence-corrected chi connectivity index (χ1v) is 14.5. The second kappa shape index (κ2) is 9.40. The van der Waals surface area contributed by atoms with Gasteiger partial charge >= 0.3 is 0 Å². The number of amides is 1. The van der Waals surface area contributed by atoms with Crippen molar-refractivity contribution in [2.45, 2.75) is 35.5 Å². The lowest BCUT2D eigenvalue weighted by Crippen LogP contribution is -2.57. The number of carbonyl (C=O) groups is 1. The second-order valence-electron chi connectivity index (χ2n) is 10.4. The average molecular weight is 536 g/mol. The number of alkyl halides is 2. The molecule has 0 aliphatic carbocycles. The van der Waals surface area contributed by atoms with E-state index < -0.39 is 15.8 Å². The van der Waals surface area contributed by atoms with E-state index in [-0.39, 0.29) is 41.4 Å². The van der Waals surface area contributed by atoms with E-state index in [1.807, 2.05) is 4.68 Å². The molecule has 6 rings (SSSR count). The molecular formula is C25H31F2N5O4S. The van der Waals surface area contributed by atoms with E-state index in [2.05, 4.69) is 4.90 Å². The molecule has 3 saturated heterocycles. The minimum atomic E-state index is -3.62. The molecule has 4 aliphatic rings. The maximum atomic E-state index is 13.5. The number of hydrogen-bond acceptors (Lipinski definition) is 7. The normalized spacial score (nSPS) is 25.2. The summed E-state index contributed by atoms with van der Waals surface area (Å²) in [7, 11) is -3.62. The van der Waals surface area contributed by atoms with Gasteiger partial charge in [0, 0.05) is 43.9 Å². The van der Waals surface area contributed by atoms with Crippen LogP contribution in [-0.2, 0) is 20.3 Å². The van der Waals surface area contributed by atoms with Crippen LogP contribution in [-0.4, -0.2) is 110 Å². The van der Waals surface area contributed by atoms with E-state index in [1.165, 1.54) is 0 Å². The maximum Gasteiger partial charge on any atom is 0.274 e. The van der Waals surface area contributed by atoms with Crippen molar-refractivity contribution in [2.24, 2.45) is 0 Å². The third-order valence-corrected chi connectivity index (χ3v) is 9.48. The molecular weight excluding hydrogens is 504 g/mol. The topological polar surface area (TPSA) is 88.0 Å². The predicted octanol–water partition coefficient (Wildman–Crippen LogP) is 1.90. The van der Waals surface area contributed by atoms with Gasteiger partial charge in [0.15, 0.2) is 15.5 Å². The van der Waals surface area contributed by atoms with Crippen LogP contribution in [0.5, 0.6) is 0 Å². The zero-order valence-corrected chi connectivity index (χ0v) is 21.4. The Balaban J connectivity index is 1.33. The van der Waals surface area contributed by atoms with Crippen molar-refractivity contribution in [3.05, 3.63) is 35.5 Å². The number of nitrogens with zero attached hydrogens (tertiary/aromatic N) is 5. The molecule has 5 heterocycles. The number of benzene rings is 1. The molecule has 1 amide bonds. The number of likely N-dealkylation sites (tertiary alicyclic amines) is 2. The Morgan fingerprint density at radius 3 is 2.57 bits per heavy atom. The highest BCUT2D eigenvalue weighted by Crippen LogP contribution is 2.42. The van der Waals surface area contributed by atoms with Gasteiger partial charge in [-0.2, -0.15) is 5.10 Å². The fraction of sp³-hybridized carbons (Fsp3) is 0.600. The molecule has 0 spiro atoms. The fourth-order valence-corrected chi connectivity index (χ4v) is 7.52. The van der Waals surface area contributed by atoms with Crippen LogP contribution in [0.2, 0.25) is 0 Å².